The van der Waals surface area contributed by atoms with Gasteiger partial charge in [0.2, 0.25) is 0 Å². The molecule has 3 aromatic heterocycles. The number of hydrogen-bond donors (Lipinski definition) is 0. The van der Waals surface area contributed by atoms with E-state index in [0.29, 0.717) is 0 Å². The van der Waals surface area contributed by atoms with Crippen LogP contribution in [0, 0.1) is 0 Å². The fraction of sp³-hybridized carbons (Fsp3) is 0. The number of anilines is 3. The highest BCUT2D eigenvalue weighted by molar-refractivity contribution is 7.99. The summed E-state index contributed by atoms with van der Waals surface area (Å²) in [6.07, 6.45) is 3.85. The average molecular weight is 750 g/mol. The van der Waals surface area contributed by atoms with E-state index in [0.717, 1.165) is 28.3 Å². The van der Waals surface area contributed by atoms with E-state index in [1.54, 1.807) is 0 Å². The van der Waals surface area contributed by atoms with E-state index in [2.05, 4.69) is 190 Å². The lowest BCUT2D eigenvalue weighted by Gasteiger charge is -2.26. The molecule has 12 rings (SSSR count). The summed E-state index contributed by atoms with van der Waals surface area (Å²) >= 11 is 3.72. The van der Waals surface area contributed by atoms with Crippen molar-refractivity contribution in [2.45, 2.75) is 9.79 Å². The predicted molar refractivity (Wildman–Crippen MR) is 239 cm³/mol. The summed E-state index contributed by atoms with van der Waals surface area (Å²) in [6.45, 7) is 0. The van der Waals surface area contributed by atoms with Gasteiger partial charge in [-0.05, 0) is 119 Å². The van der Waals surface area contributed by atoms with Crippen LogP contribution in [0.1, 0.15) is 0 Å². The van der Waals surface area contributed by atoms with Crippen LogP contribution in [-0.4, -0.2) is 9.55 Å². The first kappa shape index (κ1) is 31.7. The van der Waals surface area contributed by atoms with Gasteiger partial charge in [-0.1, -0.05) is 96.7 Å². The summed E-state index contributed by atoms with van der Waals surface area (Å²) in [5, 5.41) is 7.66. The molecule has 11 aromatic rings. The van der Waals surface area contributed by atoms with E-state index < -0.39 is 0 Å². The molecule has 262 valence electrons. The van der Waals surface area contributed by atoms with Gasteiger partial charge in [-0.15, -0.1) is 11.3 Å². The van der Waals surface area contributed by atoms with Crippen LogP contribution in [0.15, 0.2) is 198 Å². The summed E-state index contributed by atoms with van der Waals surface area (Å²) < 4.78 is 4.92. The maximum absolute atomic E-state index is 4.50. The number of benzene rings is 8. The Kier molecular flexibility index (Phi) is 7.03. The van der Waals surface area contributed by atoms with Crippen LogP contribution in [0.5, 0.6) is 0 Å². The Morgan fingerprint density at radius 2 is 1.18 bits per heavy atom. The van der Waals surface area contributed by atoms with Crippen LogP contribution in [0.3, 0.4) is 0 Å². The lowest BCUT2D eigenvalue weighted by atomic mass is 9.94. The highest BCUT2D eigenvalue weighted by Gasteiger charge is 2.21. The lowest BCUT2D eigenvalue weighted by molar-refractivity contribution is 1.16. The number of fused-ring (bicyclic) bond motifs is 8. The van der Waals surface area contributed by atoms with Crippen LogP contribution in [0.4, 0.5) is 17.1 Å². The first-order valence-electron chi connectivity index (χ1n) is 18.8. The third-order valence-electron chi connectivity index (χ3n) is 11.3. The van der Waals surface area contributed by atoms with Gasteiger partial charge >= 0.3 is 0 Å². The standard InChI is InChI=1S/C51H31N3S2/c1-3-12-45-39(9-1)40-27-28-52-31-46(40)54(45)37-22-20-36(21-23-37)53(38-24-26-49-44(30-38)41-10-2-4-13-47(41)55-49)35-18-15-32(16-19-35)34-17-25-48-43(29-34)42-11-5-7-33-8-6-14-50(56-48)51(33)42/h1-31H. The zero-order valence-corrected chi connectivity index (χ0v) is 31.7. The van der Waals surface area contributed by atoms with Gasteiger partial charge in [-0.25, -0.2) is 0 Å². The second kappa shape index (κ2) is 12.4. The second-order valence-electron chi connectivity index (χ2n) is 14.4. The van der Waals surface area contributed by atoms with Crippen LogP contribution >= 0.6 is 23.1 Å². The first-order valence-corrected chi connectivity index (χ1v) is 20.5. The second-order valence-corrected chi connectivity index (χ2v) is 16.6. The molecule has 0 fully saturated rings. The van der Waals surface area contributed by atoms with E-state index in [1.165, 1.54) is 79.3 Å². The summed E-state index contributed by atoms with van der Waals surface area (Å²) in [6, 6.07) is 64.6. The maximum atomic E-state index is 4.50. The van der Waals surface area contributed by atoms with E-state index in [4.69, 9.17) is 0 Å². The molecule has 1 aliphatic rings. The Morgan fingerprint density at radius 3 is 2.05 bits per heavy atom. The SMILES string of the molecule is c1cc2c3c(cccc3c1)-c1cc(-c3ccc(N(c4ccc(-n5c6ccccc6c6ccncc65)cc4)c4ccc5sc6ccccc6c5c4)cc3)ccc1S2. The van der Waals surface area contributed by atoms with Crippen molar-refractivity contribution in [3.05, 3.63) is 188 Å². The Balaban J connectivity index is 0.972. The molecule has 0 saturated heterocycles. The summed E-state index contributed by atoms with van der Waals surface area (Å²) in [7, 11) is 0. The highest BCUT2D eigenvalue weighted by atomic mass is 32.2. The third kappa shape index (κ3) is 4.88. The molecular weight excluding hydrogens is 719 g/mol. The van der Waals surface area contributed by atoms with E-state index in [-0.39, 0.29) is 0 Å². The zero-order valence-electron chi connectivity index (χ0n) is 30.1. The van der Waals surface area contributed by atoms with Crippen molar-refractivity contribution in [2.24, 2.45) is 0 Å². The normalized spacial score (nSPS) is 12.2. The molecule has 0 atom stereocenters. The summed E-state index contributed by atoms with van der Waals surface area (Å²) in [5.41, 5.74) is 11.7. The van der Waals surface area contributed by atoms with Gasteiger partial charge in [0.15, 0.2) is 0 Å². The zero-order chi connectivity index (χ0) is 36.7. The van der Waals surface area contributed by atoms with Crippen molar-refractivity contribution in [3.8, 4) is 27.9 Å². The largest absolute Gasteiger partial charge is 0.310 e. The molecule has 0 radical (unpaired) electrons. The molecular formula is C51H31N3S2. The Labute approximate surface area is 331 Å². The maximum Gasteiger partial charge on any atom is 0.0724 e. The molecule has 0 bridgehead atoms. The van der Waals surface area contributed by atoms with E-state index >= 15 is 0 Å². The predicted octanol–water partition coefficient (Wildman–Crippen LogP) is 15.0. The fourth-order valence-corrected chi connectivity index (χ4v) is 10.9. The van der Waals surface area contributed by atoms with Gasteiger partial charge < -0.3 is 9.47 Å². The molecule has 56 heavy (non-hydrogen) atoms. The van der Waals surface area contributed by atoms with E-state index in [9.17, 15) is 0 Å². The van der Waals surface area contributed by atoms with Crippen LogP contribution in [-0.2, 0) is 0 Å². The monoisotopic (exact) mass is 749 g/mol. The number of thiophene rings is 1. The van der Waals surface area contributed by atoms with Crippen molar-refractivity contribution in [3.63, 3.8) is 0 Å². The van der Waals surface area contributed by atoms with Crippen molar-refractivity contribution < 1.29 is 0 Å². The minimum absolute atomic E-state index is 1.09. The van der Waals surface area contributed by atoms with Crippen LogP contribution in [0.2, 0.25) is 0 Å². The summed E-state index contributed by atoms with van der Waals surface area (Å²) in [4.78, 5) is 9.52. The third-order valence-corrected chi connectivity index (χ3v) is 13.6. The number of aromatic nitrogens is 2. The molecule has 0 spiro atoms. The quantitative estimate of drug-likeness (QED) is 0.175. The molecule has 0 N–H and O–H groups in total. The van der Waals surface area contributed by atoms with Gasteiger partial charge in [-0.3, -0.25) is 4.98 Å². The topological polar surface area (TPSA) is 21.1 Å². The number of pyridine rings is 1. The smallest absolute Gasteiger partial charge is 0.0724 e. The fourth-order valence-electron chi connectivity index (χ4n) is 8.69. The minimum Gasteiger partial charge on any atom is -0.310 e. The molecule has 3 nitrogen and oxygen atoms in total. The van der Waals surface area contributed by atoms with Gasteiger partial charge in [0.1, 0.15) is 0 Å². The van der Waals surface area contributed by atoms with Crippen molar-refractivity contribution in [1.82, 2.24) is 9.55 Å². The highest BCUT2D eigenvalue weighted by Crippen LogP contribution is 2.49. The Hall–Kier alpha value is -6.66. The van der Waals surface area contributed by atoms with Crippen LogP contribution in [0.25, 0.3) is 80.7 Å². The molecule has 4 heterocycles. The first-order chi connectivity index (χ1) is 27.7. The Bertz CT molecular complexity index is 3280. The molecule has 0 unspecified atom stereocenters. The van der Waals surface area contributed by atoms with E-state index in [1.807, 2.05) is 35.5 Å². The minimum atomic E-state index is 1.09. The number of hydrogen-bond acceptors (Lipinski definition) is 4. The summed E-state index contributed by atoms with van der Waals surface area (Å²) in [5.74, 6) is 0. The van der Waals surface area contributed by atoms with Gasteiger partial charge in [-0.2, -0.15) is 0 Å². The molecule has 0 saturated carbocycles. The number of para-hydroxylation sites is 1. The number of rotatable bonds is 5. The van der Waals surface area contributed by atoms with Gasteiger partial charge in [0.25, 0.3) is 0 Å². The van der Waals surface area contributed by atoms with Crippen molar-refractivity contribution in [2.75, 3.05) is 4.90 Å². The van der Waals surface area contributed by atoms with Gasteiger partial charge in [0.05, 0.1) is 17.2 Å². The lowest BCUT2D eigenvalue weighted by Crippen LogP contribution is -2.10. The average Bonchev–Trinajstić information content (AvgIpc) is 3.80. The molecule has 8 aromatic carbocycles. The van der Waals surface area contributed by atoms with Crippen molar-refractivity contribution in [1.29, 1.82) is 0 Å². The Morgan fingerprint density at radius 1 is 0.464 bits per heavy atom. The van der Waals surface area contributed by atoms with Gasteiger partial charge in [0, 0.05) is 75.1 Å². The molecule has 1 aliphatic heterocycles. The number of nitrogens with zero attached hydrogens (tertiary/aromatic N) is 3. The molecule has 0 aliphatic carbocycles. The molecule has 0 amide bonds. The van der Waals surface area contributed by atoms with Crippen molar-refractivity contribution >= 4 is 92.9 Å². The van der Waals surface area contributed by atoms with Crippen LogP contribution < -0.4 is 4.90 Å². The molecule has 5 heteroatoms.